The molecule has 1 atom stereocenters. The van der Waals surface area contributed by atoms with Gasteiger partial charge in [-0.05, 0) is 6.07 Å². The van der Waals surface area contributed by atoms with Gasteiger partial charge in [0.1, 0.15) is 5.75 Å². The summed E-state index contributed by atoms with van der Waals surface area (Å²) in [5, 5.41) is 0. The molecule has 1 aliphatic heterocycles. The zero-order chi connectivity index (χ0) is 8.77. The van der Waals surface area contributed by atoms with E-state index in [1.54, 1.807) is 0 Å². The highest BCUT2D eigenvalue weighted by Gasteiger charge is 2.39. The molecule has 0 aromatic heterocycles. The Kier molecular flexibility index (Phi) is 1.58. The van der Waals surface area contributed by atoms with Crippen molar-refractivity contribution in [2.24, 2.45) is 0 Å². The number of rotatable bonds is 0. The second kappa shape index (κ2) is 2.40. The highest BCUT2D eigenvalue weighted by Crippen LogP contribution is 2.43. The smallest absolute Gasteiger partial charge is 0.181 e. The van der Waals surface area contributed by atoms with Gasteiger partial charge in [0, 0.05) is 11.0 Å². The van der Waals surface area contributed by atoms with Crippen molar-refractivity contribution in [2.75, 3.05) is 0 Å². The molecule has 0 saturated carbocycles. The summed E-state index contributed by atoms with van der Waals surface area (Å²) in [6.45, 7) is 4.19. The standard InChI is InChI=1S/C10H11ClO/c1-10(2)7-5-3-4-6-8(7)12-9(10)11/h3-6,9H,1-2H3. The largest absolute Gasteiger partial charge is 0.473 e. The summed E-state index contributed by atoms with van der Waals surface area (Å²) >= 11 is 6.05. The predicted octanol–water partition coefficient (Wildman–Crippen LogP) is 2.92. The number of benzene rings is 1. The van der Waals surface area contributed by atoms with Crippen LogP contribution in [0.4, 0.5) is 0 Å². The number of ether oxygens (including phenoxy) is 1. The minimum atomic E-state index is -0.241. The van der Waals surface area contributed by atoms with E-state index in [-0.39, 0.29) is 11.0 Å². The molecule has 0 fully saturated rings. The van der Waals surface area contributed by atoms with Crippen LogP contribution in [0, 0.1) is 0 Å². The fourth-order valence-corrected chi connectivity index (χ4v) is 1.70. The van der Waals surface area contributed by atoms with E-state index in [2.05, 4.69) is 19.9 Å². The molecule has 0 bridgehead atoms. The maximum atomic E-state index is 6.05. The summed E-state index contributed by atoms with van der Waals surface area (Å²) in [5.74, 6) is 0.919. The number of alkyl halides is 1. The Hall–Kier alpha value is -0.690. The van der Waals surface area contributed by atoms with Crippen LogP contribution in [0.2, 0.25) is 0 Å². The number of hydrogen-bond acceptors (Lipinski definition) is 1. The van der Waals surface area contributed by atoms with Crippen molar-refractivity contribution < 1.29 is 4.74 Å². The fraction of sp³-hybridized carbons (Fsp3) is 0.400. The van der Waals surface area contributed by atoms with Crippen LogP contribution in [-0.4, -0.2) is 5.56 Å². The van der Waals surface area contributed by atoms with Crippen LogP contribution in [0.3, 0.4) is 0 Å². The van der Waals surface area contributed by atoms with Crippen molar-refractivity contribution >= 4 is 11.6 Å². The number of hydrogen-bond donors (Lipinski definition) is 0. The van der Waals surface area contributed by atoms with Crippen LogP contribution in [-0.2, 0) is 5.41 Å². The van der Waals surface area contributed by atoms with Crippen molar-refractivity contribution in [3.8, 4) is 5.75 Å². The molecule has 0 saturated heterocycles. The van der Waals surface area contributed by atoms with Gasteiger partial charge in [-0.3, -0.25) is 0 Å². The van der Waals surface area contributed by atoms with Gasteiger partial charge in [0.15, 0.2) is 5.56 Å². The maximum Gasteiger partial charge on any atom is 0.181 e. The Labute approximate surface area is 77.3 Å². The van der Waals surface area contributed by atoms with Crippen LogP contribution in [0.25, 0.3) is 0 Å². The summed E-state index contributed by atoms with van der Waals surface area (Å²) in [4.78, 5) is 0. The molecule has 2 rings (SSSR count). The second-order valence-electron chi connectivity index (χ2n) is 3.65. The molecule has 2 heteroatoms. The Balaban J connectivity index is 2.55. The predicted molar refractivity (Wildman–Crippen MR) is 49.7 cm³/mol. The van der Waals surface area contributed by atoms with Gasteiger partial charge in [0.05, 0.1) is 0 Å². The van der Waals surface area contributed by atoms with Gasteiger partial charge in [-0.15, -0.1) is 0 Å². The molecule has 1 nitrogen and oxygen atoms in total. The Morgan fingerprint density at radius 2 is 2.00 bits per heavy atom. The minimum Gasteiger partial charge on any atom is -0.473 e. The summed E-state index contributed by atoms with van der Waals surface area (Å²) in [7, 11) is 0. The molecule has 1 unspecified atom stereocenters. The molecule has 64 valence electrons. The molecule has 1 aliphatic rings. The molecule has 12 heavy (non-hydrogen) atoms. The molecular weight excluding hydrogens is 172 g/mol. The van der Waals surface area contributed by atoms with Crippen molar-refractivity contribution in [3.63, 3.8) is 0 Å². The van der Waals surface area contributed by atoms with Crippen molar-refractivity contribution in [1.82, 2.24) is 0 Å². The van der Waals surface area contributed by atoms with Gasteiger partial charge in [-0.25, -0.2) is 0 Å². The summed E-state index contributed by atoms with van der Waals surface area (Å²) in [6, 6.07) is 8.00. The van der Waals surface area contributed by atoms with Crippen molar-refractivity contribution in [2.45, 2.75) is 24.8 Å². The van der Waals surface area contributed by atoms with Crippen LogP contribution >= 0.6 is 11.6 Å². The third-order valence-corrected chi connectivity index (χ3v) is 3.01. The van der Waals surface area contributed by atoms with Gasteiger partial charge in [0.2, 0.25) is 0 Å². The van der Waals surface area contributed by atoms with Gasteiger partial charge in [-0.1, -0.05) is 43.6 Å². The molecule has 1 aromatic carbocycles. The Bertz CT molecular complexity index is 306. The summed E-state index contributed by atoms with van der Waals surface area (Å²) < 4.78 is 5.49. The number of para-hydroxylation sites is 1. The summed E-state index contributed by atoms with van der Waals surface area (Å²) in [6.07, 6.45) is 0. The molecule has 0 amide bonds. The van der Waals surface area contributed by atoms with E-state index in [0.717, 1.165) is 5.75 Å². The maximum absolute atomic E-state index is 6.05. The topological polar surface area (TPSA) is 9.23 Å². The minimum absolute atomic E-state index is 0.0713. The zero-order valence-corrected chi connectivity index (χ0v) is 7.93. The molecule has 1 aromatic rings. The normalized spacial score (nSPS) is 24.8. The number of halogens is 1. The fourth-order valence-electron chi connectivity index (χ4n) is 1.48. The second-order valence-corrected chi connectivity index (χ2v) is 4.05. The van der Waals surface area contributed by atoms with E-state index in [9.17, 15) is 0 Å². The lowest BCUT2D eigenvalue weighted by atomic mass is 9.87. The Morgan fingerprint density at radius 1 is 1.33 bits per heavy atom. The van der Waals surface area contributed by atoms with Crippen molar-refractivity contribution in [1.29, 1.82) is 0 Å². The van der Waals surface area contributed by atoms with Gasteiger partial charge in [0.25, 0.3) is 0 Å². The quantitative estimate of drug-likeness (QED) is 0.561. The Morgan fingerprint density at radius 3 is 2.67 bits per heavy atom. The van der Waals surface area contributed by atoms with E-state index in [0.29, 0.717) is 0 Å². The van der Waals surface area contributed by atoms with Gasteiger partial charge < -0.3 is 4.74 Å². The van der Waals surface area contributed by atoms with E-state index >= 15 is 0 Å². The van der Waals surface area contributed by atoms with Gasteiger partial charge in [-0.2, -0.15) is 0 Å². The van der Waals surface area contributed by atoms with E-state index in [1.807, 2.05) is 18.2 Å². The monoisotopic (exact) mass is 182 g/mol. The third-order valence-electron chi connectivity index (χ3n) is 2.38. The van der Waals surface area contributed by atoms with E-state index in [4.69, 9.17) is 16.3 Å². The van der Waals surface area contributed by atoms with Crippen LogP contribution < -0.4 is 4.74 Å². The SMILES string of the molecule is CC1(C)c2ccccc2OC1Cl. The number of fused-ring (bicyclic) bond motifs is 1. The molecule has 0 N–H and O–H groups in total. The van der Waals surface area contributed by atoms with Crippen LogP contribution in [0.5, 0.6) is 5.75 Å². The zero-order valence-electron chi connectivity index (χ0n) is 7.17. The van der Waals surface area contributed by atoms with E-state index < -0.39 is 0 Å². The first-order chi connectivity index (χ1) is 5.62. The average molecular weight is 183 g/mol. The lowest BCUT2D eigenvalue weighted by Crippen LogP contribution is -2.26. The highest BCUT2D eigenvalue weighted by molar-refractivity contribution is 6.21. The van der Waals surface area contributed by atoms with Crippen molar-refractivity contribution in [3.05, 3.63) is 29.8 Å². The molecular formula is C10H11ClO. The molecule has 1 heterocycles. The molecule has 0 spiro atoms. The molecule has 0 radical (unpaired) electrons. The van der Waals surface area contributed by atoms with E-state index in [1.165, 1.54) is 5.56 Å². The molecule has 0 aliphatic carbocycles. The summed E-state index contributed by atoms with van der Waals surface area (Å²) in [5.41, 5.74) is 0.887. The lowest BCUT2D eigenvalue weighted by molar-refractivity contribution is 0.247. The first kappa shape index (κ1) is 7.93. The first-order valence-electron chi connectivity index (χ1n) is 4.02. The average Bonchev–Trinajstić information content (AvgIpc) is 2.25. The lowest BCUT2D eigenvalue weighted by Gasteiger charge is -2.19. The highest BCUT2D eigenvalue weighted by atomic mass is 35.5. The van der Waals surface area contributed by atoms with Gasteiger partial charge >= 0.3 is 0 Å². The first-order valence-corrected chi connectivity index (χ1v) is 4.46. The third kappa shape index (κ3) is 0.929. The van der Waals surface area contributed by atoms with Crippen LogP contribution in [0.15, 0.2) is 24.3 Å². The van der Waals surface area contributed by atoms with Crippen LogP contribution in [0.1, 0.15) is 19.4 Å².